The van der Waals surface area contributed by atoms with Gasteiger partial charge in [-0.05, 0) is 53.4 Å². The first kappa shape index (κ1) is 17.8. The predicted octanol–water partition coefficient (Wildman–Crippen LogP) is 3.33. The lowest BCUT2D eigenvalue weighted by molar-refractivity contribution is 0.00788. The zero-order chi connectivity index (χ0) is 16.9. The molecular weight excluding hydrogens is 294 g/mol. The van der Waals surface area contributed by atoms with Crippen LogP contribution in [0.1, 0.15) is 59.1 Å². The van der Waals surface area contributed by atoms with Crippen molar-refractivity contribution in [3.8, 4) is 0 Å². The number of rotatable bonds is 5. The molecule has 1 aliphatic heterocycles. The van der Waals surface area contributed by atoms with E-state index in [1.165, 1.54) is 6.42 Å². The van der Waals surface area contributed by atoms with Crippen LogP contribution in [-0.4, -0.2) is 40.4 Å². The molecule has 0 radical (unpaired) electrons. The van der Waals surface area contributed by atoms with E-state index in [1.807, 2.05) is 31.7 Å². The van der Waals surface area contributed by atoms with Crippen molar-refractivity contribution in [2.75, 3.05) is 6.54 Å². The fraction of sp³-hybridized carbons (Fsp3) is 0.765. The van der Waals surface area contributed by atoms with Crippen LogP contribution in [0.5, 0.6) is 0 Å². The molecule has 0 spiro atoms. The lowest BCUT2D eigenvalue weighted by Crippen LogP contribution is -2.48. The number of carbonyl (C=O) groups is 1. The molecule has 1 aromatic heterocycles. The van der Waals surface area contributed by atoms with Crippen LogP contribution in [0.3, 0.4) is 0 Å². The van der Waals surface area contributed by atoms with Crippen molar-refractivity contribution in [1.82, 2.24) is 15.4 Å². The van der Waals surface area contributed by atoms with Crippen LogP contribution >= 0.6 is 0 Å². The molecule has 6 nitrogen and oxygen atoms in total. The van der Waals surface area contributed by atoms with Crippen molar-refractivity contribution >= 4 is 6.09 Å². The van der Waals surface area contributed by atoms with Gasteiger partial charge >= 0.3 is 6.09 Å². The number of aromatic nitrogens is 1. The molecule has 0 bridgehead atoms. The van der Waals surface area contributed by atoms with Gasteiger partial charge in [-0.15, -0.1) is 0 Å². The van der Waals surface area contributed by atoms with Crippen LogP contribution in [0, 0.1) is 0 Å². The number of hydrogen-bond donors (Lipinski definition) is 1. The van der Waals surface area contributed by atoms with Crippen LogP contribution in [-0.2, 0) is 11.3 Å². The van der Waals surface area contributed by atoms with Crippen LogP contribution in [0.4, 0.5) is 4.79 Å². The van der Waals surface area contributed by atoms with E-state index >= 15 is 0 Å². The molecule has 1 aliphatic rings. The van der Waals surface area contributed by atoms with E-state index in [0.717, 1.165) is 31.5 Å². The van der Waals surface area contributed by atoms with Crippen molar-refractivity contribution < 1.29 is 14.1 Å². The van der Waals surface area contributed by atoms with Gasteiger partial charge in [0.25, 0.3) is 0 Å². The topological polar surface area (TPSA) is 67.6 Å². The Hall–Kier alpha value is -1.56. The van der Waals surface area contributed by atoms with Crippen molar-refractivity contribution in [3.63, 3.8) is 0 Å². The summed E-state index contributed by atoms with van der Waals surface area (Å²) in [4.78, 5) is 14.3. The van der Waals surface area contributed by atoms with Crippen molar-refractivity contribution in [2.45, 2.75) is 77.6 Å². The summed E-state index contributed by atoms with van der Waals surface area (Å²) in [5.74, 6) is 0. The van der Waals surface area contributed by atoms with Crippen molar-refractivity contribution in [3.05, 3.63) is 18.0 Å². The molecule has 1 aromatic rings. The number of carbonyl (C=O) groups excluding carboxylic acids is 1. The second kappa shape index (κ2) is 7.81. The molecule has 1 amide bonds. The fourth-order valence-corrected chi connectivity index (χ4v) is 2.91. The van der Waals surface area contributed by atoms with Crippen LogP contribution in [0.25, 0.3) is 0 Å². The Morgan fingerprint density at radius 2 is 2.30 bits per heavy atom. The summed E-state index contributed by atoms with van der Waals surface area (Å²) in [7, 11) is 0. The normalized spacial score (nSPS) is 20.3. The maximum Gasteiger partial charge on any atom is 0.410 e. The minimum atomic E-state index is -0.449. The summed E-state index contributed by atoms with van der Waals surface area (Å²) >= 11 is 0. The highest BCUT2D eigenvalue weighted by molar-refractivity contribution is 5.68. The van der Waals surface area contributed by atoms with E-state index in [0.29, 0.717) is 12.6 Å². The molecule has 2 unspecified atom stereocenters. The smallest absolute Gasteiger partial charge is 0.410 e. The van der Waals surface area contributed by atoms with Gasteiger partial charge in [0.1, 0.15) is 11.9 Å². The highest BCUT2D eigenvalue weighted by atomic mass is 16.6. The SMILES string of the molecule is CC(CC1CCCCN1C(=O)OC(C)(C)C)NCc1ccon1. The standard InChI is InChI=1S/C17H29N3O3/c1-13(18-12-14-8-10-22-19-14)11-15-7-5-6-9-20(15)16(21)23-17(2,3)4/h8,10,13,15,18H,5-7,9,11-12H2,1-4H3. The van der Waals surface area contributed by atoms with Gasteiger partial charge < -0.3 is 19.5 Å². The van der Waals surface area contributed by atoms with Gasteiger partial charge in [-0.2, -0.15) is 0 Å². The molecule has 0 aromatic carbocycles. The number of amides is 1. The highest BCUT2D eigenvalue weighted by Crippen LogP contribution is 2.23. The Balaban J connectivity index is 1.86. The third-order valence-electron chi connectivity index (χ3n) is 4.00. The van der Waals surface area contributed by atoms with E-state index in [4.69, 9.17) is 9.26 Å². The minimum Gasteiger partial charge on any atom is -0.444 e. The van der Waals surface area contributed by atoms with Gasteiger partial charge in [0.2, 0.25) is 0 Å². The third-order valence-corrected chi connectivity index (χ3v) is 4.00. The zero-order valence-corrected chi connectivity index (χ0v) is 14.7. The maximum atomic E-state index is 12.4. The lowest BCUT2D eigenvalue weighted by atomic mass is 9.96. The van der Waals surface area contributed by atoms with Gasteiger partial charge in [-0.1, -0.05) is 5.16 Å². The molecule has 1 saturated heterocycles. The average Bonchev–Trinajstić information content (AvgIpc) is 2.97. The van der Waals surface area contributed by atoms with Gasteiger partial charge in [-0.25, -0.2) is 4.79 Å². The molecule has 2 atom stereocenters. The number of nitrogens with one attached hydrogen (secondary N) is 1. The number of likely N-dealkylation sites (tertiary alicyclic amines) is 1. The molecule has 23 heavy (non-hydrogen) atoms. The van der Waals surface area contributed by atoms with E-state index in [1.54, 1.807) is 6.26 Å². The van der Waals surface area contributed by atoms with Crippen LogP contribution < -0.4 is 5.32 Å². The van der Waals surface area contributed by atoms with Gasteiger partial charge in [0.15, 0.2) is 0 Å². The molecular formula is C17H29N3O3. The summed E-state index contributed by atoms with van der Waals surface area (Å²) in [5.41, 5.74) is 0.445. The Morgan fingerprint density at radius 1 is 1.52 bits per heavy atom. The van der Waals surface area contributed by atoms with Crippen LogP contribution in [0.2, 0.25) is 0 Å². The highest BCUT2D eigenvalue weighted by Gasteiger charge is 2.31. The second-order valence-electron chi connectivity index (χ2n) is 7.33. The summed E-state index contributed by atoms with van der Waals surface area (Å²) in [6, 6.07) is 2.38. The summed E-state index contributed by atoms with van der Waals surface area (Å²) in [5, 5.41) is 7.34. The van der Waals surface area contributed by atoms with E-state index in [9.17, 15) is 4.79 Å². The predicted molar refractivity (Wildman–Crippen MR) is 88.0 cm³/mol. The Bertz CT molecular complexity index is 482. The lowest BCUT2D eigenvalue weighted by Gasteiger charge is -2.38. The van der Waals surface area contributed by atoms with E-state index in [2.05, 4.69) is 17.4 Å². The molecule has 2 heterocycles. The molecule has 130 valence electrons. The Morgan fingerprint density at radius 3 is 2.96 bits per heavy atom. The van der Waals surface area contributed by atoms with E-state index < -0.39 is 5.60 Å². The monoisotopic (exact) mass is 323 g/mol. The number of hydrogen-bond acceptors (Lipinski definition) is 5. The number of piperidine rings is 1. The maximum absolute atomic E-state index is 12.4. The summed E-state index contributed by atoms with van der Waals surface area (Å²) in [6.45, 7) is 9.33. The molecule has 1 fully saturated rings. The molecule has 0 saturated carbocycles. The largest absolute Gasteiger partial charge is 0.444 e. The molecule has 1 N–H and O–H groups in total. The van der Waals surface area contributed by atoms with E-state index in [-0.39, 0.29) is 12.1 Å². The van der Waals surface area contributed by atoms with Crippen molar-refractivity contribution in [2.24, 2.45) is 0 Å². The Kier molecular flexibility index (Phi) is 6.04. The first-order valence-electron chi connectivity index (χ1n) is 8.47. The second-order valence-corrected chi connectivity index (χ2v) is 7.33. The molecule has 0 aliphatic carbocycles. The molecule has 6 heteroatoms. The Labute approximate surface area is 138 Å². The van der Waals surface area contributed by atoms with Gasteiger partial charge in [-0.3, -0.25) is 0 Å². The minimum absolute atomic E-state index is 0.189. The number of ether oxygens (including phenoxy) is 1. The molecule has 2 rings (SSSR count). The fourth-order valence-electron chi connectivity index (χ4n) is 2.91. The summed E-state index contributed by atoms with van der Waals surface area (Å²) in [6.07, 6.45) is 5.56. The van der Waals surface area contributed by atoms with Crippen LogP contribution in [0.15, 0.2) is 16.9 Å². The number of nitrogens with zero attached hydrogens (tertiary/aromatic N) is 2. The third kappa shape index (κ3) is 5.86. The van der Waals surface area contributed by atoms with Crippen molar-refractivity contribution in [1.29, 1.82) is 0 Å². The first-order valence-corrected chi connectivity index (χ1v) is 8.47. The average molecular weight is 323 g/mol. The van der Waals surface area contributed by atoms with Gasteiger partial charge in [0, 0.05) is 31.2 Å². The van der Waals surface area contributed by atoms with Gasteiger partial charge in [0.05, 0.1) is 5.69 Å². The zero-order valence-electron chi connectivity index (χ0n) is 14.7. The quantitative estimate of drug-likeness (QED) is 0.900. The summed E-state index contributed by atoms with van der Waals surface area (Å²) < 4.78 is 10.4. The first-order chi connectivity index (χ1) is 10.8.